The molecule has 134 valence electrons. The number of nitrogens with zero attached hydrogens (tertiary/aromatic N) is 4. The van der Waals surface area contributed by atoms with E-state index in [4.69, 9.17) is 10.00 Å². The third-order valence-corrected chi connectivity index (χ3v) is 5.09. The first-order chi connectivity index (χ1) is 12.0. The van der Waals surface area contributed by atoms with Gasteiger partial charge in [0.25, 0.3) is 0 Å². The Kier molecular flexibility index (Phi) is 5.14. The van der Waals surface area contributed by atoms with Gasteiger partial charge in [-0.25, -0.2) is 4.79 Å². The van der Waals surface area contributed by atoms with Gasteiger partial charge in [-0.05, 0) is 31.0 Å². The van der Waals surface area contributed by atoms with E-state index in [1.807, 2.05) is 29.2 Å². The maximum absolute atomic E-state index is 12.4. The molecule has 1 aromatic rings. The van der Waals surface area contributed by atoms with E-state index in [0.29, 0.717) is 18.8 Å². The molecule has 1 aromatic carbocycles. The van der Waals surface area contributed by atoms with Crippen molar-refractivity contribution in [2.75, 3.05) is 58.4 Å². The molecule has 1 atom stereocenters. The van der Waals surface area contributed by atoms with Gasteiger partial charge in [0.15, 0.2) is 0 Å². The topological polar surface area (TPSA) is 59.8 Å². The van der Waals surface area contributed by atoms with Gasteiger partial charge in [-0.3, -0.25) is 0 Å². The molecule has 2 fully saturated rings. The first-order valence-corrected chi connectivity index (χ1v) is 8.82. The second-order valence-corrected chi connectivity index (χ2v) is 7.34. The lowest BCUT2D eigenvalue weighted by atomic mass is 9.80. The fourth-order valence-electron chi connectivity index (χ4n) is 3.89. The quantitative estimate of drug-likeness (QED) is 0.785. The normalized spacial score (nSPS) is 23.9. The van der Waals surface area contributed by atoms with Crippen molar-refractivity contribution >= 4 is 11.7 Å². The highest BCUT2D eigenvalue weighted by Crippen LogP contribution is 2.35. The van der Waals surface area contributed by atoms with Gasteiger partial charge in [0, 0.05) is 51.4 Å². The monoisotopic (exact) mass is 342 g/mol. The number of carbonyl (C=O) groups excluding carboxylic acids is 1. The number of hydrogen-bond acceptors (Lipinski definition) is 4. The zero-order valence-electron chi connectivity index (χ0n) is 15.1. The predicted molar refractivity (Wildman–Crippen MR) is 96.5 cm³/mol. The third-order valence-electron chi connectivity index (χ3n) is 5.09. The lowest BCUT2D eigenvalue weighted by Gasteiger charge is -2.44. The second-order valence-electron chi connectivity index (χ2n) is 7.34. The van der Waals surface area contributed by atoms with Crippen LogP contribution in [0.1, 0.15) is 18.4 Å². The highest BCUT2D eigenvalue weighted by Gasteiger charge is 2.40. The molecule has 1 spiro atoms. The maximum Gasteiger partial charge on any atom is 0.319 e. The molecule has 0 N–H and O–H groups in total. The van der Waals surface area contributed by atoms with E-state index in [9.17, 15) is 4.79 Å². The van der Waals surface area contributed by atoms with Crippen molar-refractivity contribution in [3.05, 3.63) is 29.8 Å². The van der Waals surface area contributed by atoms with Gasteiger partial charge in [-0.15, -0.1) is 0 Å². The van der Waals surface area contributed by atoms with E-state index in [1.54, 1.807) is 19.0 Å². The number of carbonyl (C=O) groups is 1. The van der Waals surface area contributed by atoms with Crippen LogP contribution in [-0.4, -0.2) is 69.3 Å². The second kappa shape index (κ2) is 7.32. The van der Waals surface area contributed by atoms with Crippen LogP contribution >= 0.6 is 0 Å². The van der Waals surface area contributed by atoms with E-state index in [2.05, 4.69) is 11.0 Å². The van der Waals surface area contributed by atoms with Crippen molar-refractivity contribution in [2.45, 2.75) is 12.8 Å². The van der Waals surface area contributed by atoms with E-state index in [-0.39, 0.29) is 11.4 Å². The first-order valence-electron chi connectivity index (χ1n) is 8.82. The Labute approximate surface area is 149 Å². The Morgan fingerprint density at radius 2 is 2.16 bits per heavy atom. The number of amides is 2. The molecule has 2 aliphatic rings. The van der Waals surface area contributed by atoms with Crippen LogP contribution in [0.4, 0.5) is 10.5 Å². The molecule has 0 aromatic heterocycles. The van der Waals surface area contributed by atoms with E-state index < -0.39 is 0 Å². The summed E-state index contributed by atoms with van der Waals surface area (Å²) in [4.78, 5) is 18.3. The van der Waals surface area contributed by atoms with Gasteiger partial charge < -0.3 is 19.4 Å². The van der Waals surface area contributed by atoms with Gasteiger partial charge in [-0.2, -0.15) is 5.26 Å². The van der Waals surface area contributed by atoms with Crippen molar-refractivity contribution in [3.8, 4) is 6.07 Å². The summed E-state index contributed by atoms with van der Waals surface area (Å²) in [5, 5.41) is 9.16. The lowest BCUT2D eigenvalue weighted by Crippen LogP contribution is -2.54. The molecule has 25 heavy (non-hydrogen) atoms. The zero-order valence-corrected chi connectivity index (χ0v) is 15.1. The van der Waals surface area contributed by atoms with Gasteiger partial charge in [0.05, 0.1) is 24.8 Å². The van der Waals surface area contributed by atoms with Crippen LogP contribution in [0, 0.1) is 16.7 Å². The summed E-state index contributed by atoms with van der Waals surface area (Å²) in [5.74, 6) is 0. The van der Waals surface area contributed by atoms with Crippen molar-refractivity contribution < 1.29 is 9.53 Å². The van der Waals surface area contributed by atoms with Crippen LogP contribution < -0.4 is 4.90 Å². The molecular weight excluding hydrogens is 316 g/mol. The van der Waals surface area contributed by atoms with Crippen LogP contribution in [0.2, 0.25) is 0 Å². The number of rotatable bonds is 1. The molecule has 0 radical (unpaired) electrons. The maximum atomic E-state index is 12.4. The van der Waals surface area contributed by atoms with Crippen molar-refractivity contribution in [3.63, 3.8) is 0 Å². The lowest BCUT2D eigenvalue weighted by molar-refractivity contribution is 0.0210. The molecule has 6 heteroatoms. The third kappa shape index (κ3) is 3.88. The van der Waals surface area contributed by atoms with Gasteiger partial charge in [0.1, 0.15) is 0 Å². The van der Waals surface area contributed by atoms with E-state index in [1.165, 1.54) is 0 Å². The smallest absolute Gasteiger partial charge is 0.319 e. The van der Waals surface area contributed by atoms with Crippen LogP contribution in [0.25, 0.3) is 0 Å². The highest BCUT2D eigenvalue weighted by atomic mass is 16.5. The Morgan fingerprint density at radius 1 is 1.32 bits per heavy atom. The average molecular weight is 342 g/mol. The molecule has 2 aliphatic heterocycles. The Balaban J connectivity index is 1.81. The summed E-state index contributed by atoms with van der Waals surface area (Å²) in [6.07, 6.45) is 2.05. The summed E-state index contributed by atoms with van der Waals surface area (Å²) >= 11 is 0. The number of likely N-dealkylation sites (tertiary alicyclic amines) is 1. The number of urea groups is 1. The molecule has 2 amide bonds. The number of anilines is 1. The standard InChI is InChI=1S/C19H26N4O2/c1-21(2)18(24)23-8-4-7-19(14-23)13-22(9-10-25-15-19)17-6-3-5-16(11-17)12-20/h3,5-6,11H,4,7-10,13-15H2,1-2H3. The number of piperidine rings is 1. The average Bonchev–Trinajstić information content (AvgIpc) is 2.83. The first kappa shape index (κ1) is 17.6. The van der Waals surface area contributed by atoms with Gasteiger partial charge in [-0.1, -0.05) is 6.07 Å². The molecule has 0 bridgehead atoms. The number of benzene rings is 1. The van der Waals surface area contributed by atoms with Gasteiger partial charge in [0.2, 0.25) is 0 Å². The molecule has 3 rings (SSSR count). The minimum Gasteiger partial charge on any atom is -0.379 e. The SMILES string of the molecule is CN(C)C(=O)N1CCCC2(COCCN(c3cccc(C#N)c3)C2)C1. The van der Waals surface area contributed by atoms with E-state index in [0.717, 1.165) is 44.7 Å². The minimum absolute atomic E-state index is 0.0525. The predicted octanol–water partition coefficient (Wildman–Crippen LogP) is 2.16. The van der Waals surface area contributed by atoms with Crippen LogP contribution in [-0.2, 0) is 4.74 Å². The molecule has 1 unspecified atom stereocenters. The number of hydrogen-bond donors (Lipinski definition) is 0. The fraction of sp³-hybridized carbons (Fsp3) is 0.579. The highest BCUT2D eigenvalue weighted by molar-refractivity contribution is 5.74. The Morgan fingerprint density at radius 3 is 2.92 bits per heavy atom. The van der Waals surface area contributed by atoms with Crippen molar-refractivity contribution in [1.82, 2.24) is 9.80 Å². The molecule has 2 heterocycles. The Bertz CT molecular complexity index is 670. The summed E-state index contributed by atoms with van der Waals surface area (Å²) in [5.41, 5.74) is 1.67. The summed E-state index contributed by atoms with van der Waals surface area (Å²) in [7, 11) is 3.60. The molecule has 0 saturated carbocycles. The summed E-state index contributed by atoms with van der Waals surface area (Å²) in [6.45, 7) is 4.53. The number of nitriles is 1. The van der Waals surface area contributed by atoms with Crippen LogP contribution in [0.3, 0.4) is 0 Å². The fourth-order valence-corrected chi connectivity index (χ4v) is 3.89. The summed E-state index contributed by atoms with van der Waals surface area (Å²) < 4.78 is 5.93. The van der Waals surface area contributed by atoms with Crippen molar-refractivity contribution in [1.29, 1.82) is 5.26 Å². The molecular formula is C19H26N4O2. The minimum atomic E-state index is -0.0525. The largest absolute Gasteiger partial charge is 0.379 e. The van der Waals surface area contributed by atoms with E-state index >= 15 is 0 Å². The molecule has 6 nitrogen and oxygen atoms in total. The molecule has 0 aliphatic carbocycles. The van der Waals surface area contributed by atoms with Crippen molar-refractivity contribution in [2.24, 2.45) is 5.41 Å². The summed E-state index contributed by atoms with van der Waals surface area (Å²) in [6, 6.07) is 10.0. The molecule has 2 saturated heterocycles. The number of ether oxygens (including phenoxy) is 1. The zero-order chi connectivity index (χ0) is 17.9. The van der Waals surface area contributed by atoms with Crippen LogP contribution in [0.15, 0.2) is 24.3 Å². The van der Waals surface area contributed by atoms with Crippen LogP contribution in [0.5, 0.6) is 0 Å². The Hall–Kier alpha value is -2.26. The van der Waals surface area contributed by atoms with Gasteiger partial charge >= 0.3 is 6.03 Å².